The van der Waals surface area contributed by atoms with Crippen LogP contribution in [0.2, 0.25) is 0 Å². The zero-order valence-electron chi connectivity index (χ0n) is 16.2. The van der Waals surface area contributed by atoms with Crippen LogP contribution >= 0.6 is 23.5 Å². The SMILES string of the molecule is O=C1CN(CC(=O)NC2CN(C(=O)C3SCCS3)CCC23CCOCC3)C(=O)N1. The van der Waals surface area contributed by atoms with Gasteiger partial charge in [-0.3, -0.25) is 19.7 Å². The number of carbonyl (C=O) groups excluding carboxylic acids is 4. The number of urea groups is 1. The highest BCUT2D eigenvalue weighted by Crippen LogP contribution is 2.42. The third-order valence-electron chi connectivity index (χ3n) is 6.18. The van der Waals surface area contributed by atoms with Crippen LogP contribution in [0.4, 0.5) is 4.79 Å². The van der Waals surface area contributed by atoms with Gasteiger partial charge in [-0.2, -0.15) is 0 Å². The van der Waals surface area contributed by atoms with Crippen molar-refractivity contribution in [2.24, 2.45) is 5.41 Å². The second-order valence-electron chi connectivity index (χ2n) is 7.91. The Hall–Kier alpha value is -1.46. The maximum absolute atomic E-state index is 12.9. The predicted octanol–water partition coefficient (Wildman–Crippen LogP) is -0.142. The molecule has 0 aliphatic carbocycles. The molecule has 5 amide bonds. The number of hydrogen-bond donors (Lipinski definition) is 2. The summed E-state index contributed by atoms with van der Waals surface area (Å²) in [7, 11) is 0. The summed E-state index contributed by atoms with van der Waals surface area (Å²) in [5.74, 6) is 1.43. The van der Waals surface area contributed by atoms with Gasteiger partial charge in [-0.15, -0.1) is 23.5 Å². The summed E-state index contributed by atoms with van der Waals surface area (Å²) < 4.78 is 5.49. The lowest BCUT2D eigenvalue weighted by molar-refractivity contribution is -0.137. The lowest BCUT2D eigenvalue weighted by atomic mass is 9.69. The molecule has 1 spiro atoms. The quantitative estimate of drug-likeness (QED) is 0.584. The Bertz CT molecular complexity index is 694. The molecule has 0 aromatic carbocycles. The largest absolute Gasteiger partial charge is 0.381 e. The molecule has 0 radical (unpaired) electrons. The van der Waals surface area contributed by atoms with Crippen LogP contribution in [-0.2, 0) is 19.1 Å². The standard InChI is InChI=1S/C18H26N4O5S2/c23-13(10-22-11-14(24)20-17(22)26)19-12-9-21(15(25)16-28-7-8-29-16)4-1-18(12)2-5-27-6-3-18/h12,16H,1-11H2,(H,19,23)(H,20,24,26). The summed E-state index contributed by atoms with van der Waals surface area (Å²) in [5, 5.41) is 5.26. The highest BCUT2D eigenvalue weighted by Gasteiger charge is 2.46. The van der Waals surface area contributed by atoms with Gasteiger partial charge >= 0.3 is 6.03 Å². The van der Waals surface area contributed by atoms with E-state index in [9.17, 15) is 19.2 Å². The molecule has 9 nitrogen and oxygen atoms in total. The minimum absolute atomic E-state index is 0.0469. The van der Waals surface area contributed by atoms with Crippen molar-refractivity contribution in [2.45, 2.75) is 29.9 Å². The lowest BCUT2D eigenvalue weighted by Gasteiger charge is -2.50. The molecule has 4 heterocycles. The molecular weight excluding hydrogens is 416 g/mol. The van der Waals surface area contributed by atoms with Crippen LogP contribution < -0.4 is 10.6 Å². The van der Waals surface area contributed by atoms with Gasteiger partial charge in [-0.25, -0.2) is 4.79 Å². The number of hydrogen-bond acceptors (Lipinski definition) is 7. The molecule has 4 rings (SSSR count). The van der Waals surface area contributed by atoms with Crippen molar-refractivity contribution >= 4 is 47.3 Å². The fourth-order valence-electron chi connectivity index (χ4n) is 4.49. The van der Waals surface area contributed by atoms with Crippen molar-refractivity contribution in [1.82, 2.24) is 20.4 Å². The zero-order valence-corrected chi connectivity index (χ0v) is 17.8. The Morgan fingerprint density at radius 2 is 1.90 bits per heavy atom. The molecule has 0 aromatic rings. The molecular formula is C18H26N4O5S2. The van der Waals surface area contributed by atoms with E-state index < -0.39 is 11.9 Å². The molecule has 0 bridgehead atoms. The molecule has 11 heteroatoms. The van der Waals surface area contributed by atoms with Gasteiger partial charge in [-0.1, -0.05) is 0 Å². The third kappa shape index (κ3) is 4.51. The molecule has 4 aliphatic rings. The first-order chi connectivity index (χ1) is 14.0. The fraction of sp³-hybridized carbons (Fsp3) is 0.778. The molecule has 2 N–H and O–H groups in total. The number of imide groups is 1. The maximum Gasteiger partial charge on any atom is 0.325 e. The Kier molecular flexibility index (Phi) is 6.26. The first-order valence-corrected chi connectivity index (χ1v) is 12.0. The van der Waals surface area contributed by atoms with E-state index in [2.05, 4.69) is 10.6 Å². The fourth-order valence-corrected chi connectivity index (χ4v) is 7.23. The summed E-state index contributed by atoms with van der Waals surface area (Å²) in [6.45, 7) is 2.22. The lowest BCUT2D eigenvalue weighted by Crippen LogP contribution is -2.62. The van der Waals surface area contributed by atoms with Crippen molar-refractivity contribution in [2.75, 3.05) is 50.9 Å². The number of amides is 5. The molecule has 1 unspecified atom stereocenters. The van der Waals surface area contributed by atoms with Gasteiger partial charge in [0.15, 0.2) is 0 Å². The molecule has 1 atom stereocenters. The van der Waals surface area contributed by atoms with Gasteiger partial charge in [0.1, 0.15) is 17.7 Å². The summed E-state index contributed by atoms with van der Waals surface area (Å²) in [5.41, 5.74) is -0.0935. The van der Waals surface area contributed by atoms with Crippen LogP contribution in [0.5, 0.6) is 0 Å². The minimum Gasteiger partial charge on any atom is -0.381 e. The molecule has 160 valence electrons. The summed E-state index contributed by atoms with van der Waals surface area (Å²) in [4.78, 5) is 51.8. The smallest absolute Gasteiger partial charge is 0.325 e. The second kappa shape index (κ2) is 8.73. The highest BCUT2D eigenvalue weighted by molar-refractivity contribution is 8.21. The normalized spacial score (nSPS) is 27.4. The first kappa shape index (κ1) is 20.8. The second-order valence-corrected chi connectivity index (χ2v) is 10.6. The van der Waals surface area contributed by atoms with E-state index in [4.69, 9.17) is 4.74 Å². The Labute approximate surface area is 178 Å². The average molecular weight is 443 g/mol. The van der Waals surface area contributed by atoms with Crippen molar-refractivity contribution in [3.8, 4) is 0 Å². The summed E-state index contributed by atoms with van der Waals surface area (Å²) in [6.07, 6.45) is 2.52. The molecule has 0 saturated carbocycles. The third-order valence-corrected chi connectivity index (χ3v) is 9.15. The van der Waals surface area contributed by atoms with E-state index in [1.807, 2.05) is 4.90 Å². The van der Waals surface area contributed by atoms with E-state index in [1.165, 1.54) is 4.90 Å². The van der Waals surface area contributed by atoms with Crippen LogP contribution in [0, 0.1) is 5.41 Å². The van der Waals surface area contributed by atoms with Gasteiger partial charge in [0.05, 0.1) is 6.04 Å². The number of carbonyl (C=O) groups is 4. The Morgan fingerprint density at radius 1 is 1.17 bits per heavy atom. The molecule has 0 aromatic heterocycles. The Morgan fingerprint density at radius 3 is 2.55 bits per heavy atom. The van der Waals surface area contributed by atoms with Crippen molar-refractivity contribution < 1.29 is 23.9 Å². The van der Waals surface area contributed by atoms with E-state index in [-0.39, 0.29) is 40.9 Å². The monoisotopic (exact) mass is 442 g/mol. The van der Waals surface area contributed by atoms with E-state index in [0.29, 0.717) is 26.3 Å². The minimum atomic E-state index is -0.540. The zero-order chi connectivity index (χ0) is 20.4. The molecule has 4 aliphatic heterocycles. The van der Waals surface area contributed by atoms with Gasteiger partial charge in [-0.05, 0) is 24.7 Å². The number of thioether (sulfide) groups is 2. The summed E-state index contributed by atoms with van der Waals surface area (Å²) >= 11 is 3.38. The maximum atomic E-state index is 12.9. The topological polar surface area (TPSA) is 108 Å². The number of piperidine rings is 1. The first-order valence-electron chi connectivity index (χ1n) is 9.95. The Balaban J connectivity index is 1.43. The van der Waals surface area contributed by atoms with Gasteiger partial charge in [0, 0.05) is 37.8 Å². The highest BCUT2D eigenvalue weighted by atomic mass is 32.2. The van der Waals surface area contributed by atoms with Gasteiger partial charge in [0.25, 0.3) is 0 Å². The van der Waals surface area contributed by atoms with E-state index >= 15 is 0 Å². The van der Waals surface area contributed by atoms with Crippen LogP contribution in [-0.4, -0.2) is 95.1 Å². The van der Waals surface area contributed by atoms with E-state index in [1.54, 1.807) is 23.5 Å². The molecule has 29 heavy (non-hydrogen) atoms. The van der Waals surface area contributed by atoms with Crippen LogP contribution in [0.1, 0.15) is 19.3 Å². The number of rotatable bonds is 4. The summed E-state index contributed by atoms with van der Waals surface area (Å²) in [6, 6.07) is -0.726. The van der Waals surface area contributed by atoms with Crippen molar-refractivity contribution in [3.63, 3.8) is 0 Å². The van der Waals surface area contributed by atoms with E-state index in [0.717, 1.165) is 30.8 Å². The van der Waals surface area contributed by atoms with Gasteiger partial charge < -0.3 is 19.9 Å². The number of ether oxygens (including phenoxy) is 1. The number of nitrogens with one attached hydrogen (secondary N) is 2. The molecule has 4 saturated heterocycles. The van der Waals surface area contributed by atoms with Crippen LogP contribution in [0.3, 0.4) is 0 Å². The predicted molar refractivity (Wildman–Crippen MR) is 109 cm³/mol. The van der Waals surface area contributed by atoms with Gasteiger partial charge in [0.2, 0.25) is 17.7 Å². The number of nitrogens with zero attached hydrogens (tertiary/aromatic N) is 2. The van der Waals surface area contributed by atoms with Crippen molar-refractivity contribution in [3.05, 3.63) is 0 Å². The number of likely N-dealkylation sites (tertiary alicyclic amines) is 1. The average Bonchev–Trinajstić information content (AvgIpc) is 3.34. The van der Waals surface area contributed by atoms with Crippen molar-refractivity contribution in [1.29, 1.82) is 0 Å². The van der Waals surface area contributed by atoms with Crippen LogP contribution in [0.25, 0.3) is 0 Å². The molecule has 4 fully saturated rings. The van der Waals surface area contributed by atoms with Crippen LogP contribution in [0.15, 0.2) is 0 Å².